The fourth-order valence-electron chi connectivity index (χ4n) is 3.47. The number of anilines is 1. The Balaban J connectivity index is 1.38. The Bertz CT molecular complexity index is 1350. The van der Waals surface area contributed by atoms with Crippen LogP contribution < -0.4 is 5.32 Å². The molecule has 5 aromatic rings. The van der Waals surface area contributed by atoms with Gasteiger partial charge in [0.2, 0.25) is 5.91 Å². The van der Waals surface area contributed by atoms with E-state index in [9.17, 15) is 4.79 Å². The molecule has 0 radical (unpaired) electrons. The highest BCUT2D eigenvalue weighted by atomic mass is 32.2. The van der Waals surface area contributed by atoms with Gasteiger partial charge in [-0.25, -0.2) is 4.98 Å². The minimum atomic E-state index is -0.128. The molecule has 0 aliphatic heterocycles. The van der Waals surface area contributed by atoms with Crippen LogP contribution in [-0.2, 0) is 4.79 Å². The van der Waals surface area contributed by atoms with Crippen LogP contribution in [0.5, 0.6) is 0 Å². The fraction of sp³-hybridized carbons (Fsp3) is 0.0400. The van der Waals surface area contributed by atoms with Gasteiger partial charge >= 0.3 is 0 Å². The first-order valence-electron chi connectivity index (χ1n) is 10.4. The van der Waals surface area contributed by atoms with E-state index in [2.05, 4.69) is 20.5 Å². The number of carbonyl (C=O) groups is 1. The number of hydrogen-bond donors (Lipinski definition) is 1. The van der Waals surface area contributed by atoms with Gasteiger partial charge in [0.05, 0.1) is 23.5 Å². The summed E-state index contributed by atoms with van der Waals surface area (Å²) in [6, 6.07) is 27.4. The maximum Gasteiger partial charge on any atom is 0.234 e. The van der Waals surface area contributed by atoms with E-state index in [4.69, 9.17) is 0 Å². The Morgan fingerprint density at radius 1 is 0.879 bits per heavy atom. The van der Waals surface area contributed by atoms with Crippen LogP contribution in [0.15, 0.2) is 109 Å². The number of para-hydroxylation sites is 3. The van der Waals surface area contributed by atoms with Gasteiger partial charge in [-0.05, 0) is 24.3 Å². The highest BCUT2D eigenvalue weighted by molar-refractivity contribution is 7.99. The zero-order chi connectivity index (χ0) is 22.5. The summed E-state index contributed by atoms with van der Waals surface area (Å²) < 4.78 is 3.84. The van der Waals surface area contributed by atoms with Crippen LogP contribution in [0.1, 0.15) is 0 Å². The van der Waals surface area contributed by atoms with Crippen molar-refractivity contribution in [1.82, 2.24) is 24.3 Å². The minimum Gasteiger partial charge on any atom is -0.324 e. The molecule has 8 heteroatoms. The summed E-state index contributed by atoms with van der Waals surface area (Å²) in [5.74, 6) is 0.796. The predicted octanol–water partition coefficient (Wildman–Crippen LogP) is 4.85. The van der Waals surface area contributed by atoms with E-state index in [1.54, 1.807) is 12.5 Å². The van der Waals surface area contributed by atoms with Crippen molar-refractivity contribution in [3.05, 3.63) is 104 Å². The van der Waals surface area contributed by atoms with Gasteiger partial charge in [-0.15, -0.1) is 10.2 Å². The van der Waals surface area contributed by atoms with Crippen LogP contribution in [0, 0.1) is 0 Å². The zero-order valence-corrected chi connectivity index (χ0v) is 18.4. The maximum absolute atomic E-state index is 12.8. The normalized spacial score (nSPS) is 10.8. The Hall–Kier alpha value is -4.17. The summed E-state index contributed by atoms with van der Waals surface area (Å²) in [6.45, 7) is 0. The molecule has 2 aromatic heterocycles. The molecule has 0 atom stereocenters. The molecule has 2 heterocycles. The lowest BCUT2D eigenvalue weighted by Crippen LogP contribution is -2.16. The third kappa shape index (κ3) is 4.56. The average Bonchev–Trinajstić information content (AvgIpc) is 3.55. The first kappa shape index (κ1) is 20.7. The standard InChI is InChI=1S/C25H20N6OS/c32-23(27-21-13-7-8-14-22(21)30-16-15-26-18-30)17-33-25-29-28-24(19-9-3-1-4-10-19)31(25)20-11-5-2-6-12-20/h1-16,18H,17H2,(H,27,32). The molecular formula is C25H20N6OS. The van der Waals surface area contributed by atoms with E-state index >= 15 is 0 Å². The second-order valence-electron chi connectivity index (χ2n) is 7.17. The van der Waals surface area contributed by atoms with Gasteiger partial charge < -0.3 is 9.88 Å². The van der Waals surface area contributed by atoms with Gasteiger partial charge in [0.25, 0.3) is 0 Å². The summed E-state index contributed by atoms with van der Waals surface area (Å²) >= 11 is 1.35. The minimum absolute atomic E-state index is 0.128. The smallest absolute Gasteiger partial charge is 0.234 e. The lowest BCUT2D eigenvalue weighted by molar-refractivity contribution is -0.113. The van der Waals surface area contributed by atoms with Crippen LogP contribution in [-0.4, -0.2) is 36.0 Å². The van der Waals surface area contributed by atoms with E-state index in [0.717, 1.165) is 28.5 Å². The quantitative estimate of drug-likeness (QED) is 0.357. The number of thioether (sulfide) groups is 1. The van der Waals surface area contributed by atoms with Crippen molar-refractivity contribution >= 4 is 23.4 Å². The van der Waals surface area contributed by atoms with Crippen LogP contribution >= 0.6 is 11.8 Å². The van der Waals surface area contributed by atoms with Crippen LogP contribution in [0.3, 0.4) is 0 Å². The van der Waals surface area contributed by atoms with Crippen LogP contribution in [0.2, 0.25) is 0 Å². The number of amides is 1. The molecule has 0 unspecified atom stereocenters. The number of imidazole rings is 1. The molecule has 7 nitrogen and oxygen atoms in total. The lowest BCUT2D eigenvalue weighted by Gasteiger charge is -2.12. The van der Waals surface area contributed by atoms with Gasteiger partial charge in [-0.3, -0.25) is 9.36 Å². The topological polar surface area (TPSA) is 77.6 Å². The molecule has 162 valence electrons. The molecule has 1 amide bonds. The molecule has 0 spiro atoms. The summed E-state index contributed by atoms with van der Waals surface area (Å²) in [7, 11) is 0. The molecule has 0 aliphatic carbocycles. The van der Waals surface area contributed by atoms with Crippen LogP contribution in [0.25, 0.3) is 22.8 Å². The van der Waals surface area contributed by atoms with Gasteiger partial charge in [0.1, 0.15) is 0 Å². The second kappa shape index (κ2) is 9.54. The molecule has 0 saturated carbocycles. The average molecular weight is 453 g/mol. The summed E-state index contributed by atoms with van der Waals surface area (Å²) in [6.07, 6.45) is 5.25. The Morgan fingerprint density at radius 3 is 2.36 bits per heavy atom. The second-order valence-corrected chi connectivity index (χ2v) is 8.11. The predicted molar refractivity (Wildman–Crippen MR) is 130 cm³/mol. The molecule has 0 saturated heterocycles. The highest BCUT2D eigenvalue weighted by Crippen LogP contribution is 2.28. The fourth-order valence-corrected chi connectivity index (χ4v) is 4.22. The number of aromatic nitrogens is 5. The summed E-state index contributed by atoms with van der Waals surface area (Å²) in [5, 5.41) is 12.5. The third-order valence-corrected chi connectivity index (χ3v) is 5.90. The molecular weight excluding hydrogens is 432 g/mol. The van der Waals surface area contributed by atoms with E-state index in [0.29, 0.717) is 5.16 Å². The molecule has 0 bridgehead atoms. The molecule has 0 aliphatic rings. The van der Waals surface area contributed by atoms with Gasteiger partial charge in [-0.1, -0.05) is 72.4 Å². The molecule has 3 aromatic carbocycles. The van der Waals surface area contributed by atoms with Gasteiger partial charge in [0, 0.05) is 23.6 Å². The van der Waals surface area contributed by atoms with Crippen molar-refractivity contribution in [2.24, 2.45) is 0 Å². The third-order valence-electron chi connectivity index (χ3n) is 4.97. The summed E-state index contributed by atoms with van der Waals surface area (Å²) in [4.78, 5) is 16.9. The Labute approximate surface area is 195 Å². The van der Waals surface area contributed by atoms with E-state index in [1.807, 2.05) is 100 Å². The van der Waals surface area contributed by atoms with Crippen molar-refractivity contribution in [2.75, 3.05) is 11.1 Å². The Morgan fingerprint density at radius 2 is 1.61 bits per heavy atom. The monoisotopic (exact) mass is 452 g/mol. The Kier molecular flexibility index (Phi) is 5.99. The SMILES string of the molecule is O=C(CSc1nnc(-c2ccccc2)n1-c1ccccc1)Nc1ccccc1-n1ccnc1. The van der Waals surface area contributed by atoms with Crippen molar-refractivity contribution in [3.8, 4) is 22.8 Å². The van der Waals surface area contributed by atoms with Crippen molar-refractivity contribution in [2.45, 2.75) is 5.16 Å². The van der Waals surface area contributed by atoms with Crippen LogP contribution in [0.4, 0.5) is 5.69 Å². The first-order chi connectivity index (χ1) is 16.3. The van der Waals surface area contributed by atoms with E-state index in [-0.39, 0.29) is 11.7 Å². The number of rotatable bonds is 7. The molecule has 5 rings (SSSR count). The maximum atomic E-state index is 12.8. The number of nitrogens with zero attached hydrogens (tertiary/aromatic N) is 5. The number of nitrogens with one attached hydrogen (secondary N) is 1. The number of benzene rings is 3. The van der Waals surface area contributed by atoms with Crippen molar-refractivity contribution < 1.29 is 4.79 Å². The van der Waals surface area contributed by atoms with Crippen molar-refractivity contribution in [3.63, 3.8) is 0 Å². The van der Waals surface area contributed by atoms with E-state index in [1.165, 1.54) is 11.8 Å². The largest absolute Gasteiger partial charge is 0.324 e. The first-order valence-corrected chi connectivity index (χ1v) is 11.3. The van der Waals surface area contributed by atoms with E-state index < -0.39 is 0 Å². The number of carbonyl (C=O) groups excluding carboxylic acids is 1. The van der Waals surface area contributed by atoms with Gasteiger partial charge in [-0.2, -0.15) is 0 Å². The summed E-state index contributed by atoms with van der Waals surface area (Å²) in [5.41, 5.74) is 3.47. The zero-order valence-electron chi connectivity index (χ0n) is 17.6. The molecule has 1 N–H and O–H groups in total. The number of hydrogen-bond acceptors (Lipinski definition) is 5. The van der Waals surface area contributed by atoms with Crippen molar-refractivity contribution in [1.29, 1.82) is 0 Å². The van der Waals surface area contributed by atoms with Gasteiger partial charge in [0.15, 0.2) is 11.0 Å². The molecule has 33 heavy (non-hydrogen) atoms. The highest BCUT2D eigenvalue weighted by Gasteiger charge is 2.17. The lowest BCUT2D eigenvalue weighted by atomic mass is 10.2. The molecule has 0 fully saturated rings.